The van der Waals surface area contributed by atoms with E-state index in [1.165, 1.54) is 4.90 Å². The van der Waals surface area contributed by atoms with E-state index in [2.05, 4.69) is 0 Å². The summed E-state index contributed by atoms with van der Waals surface area (Å²) >= 11 is 5.98. The molecule has 0 spiro atoms. The third kappa shape index (κ3) is 2.26. The summed E-state index contributed by atoms with van der Waals surface area (Å²) in [6.45, 7) is 2.09. The standard InChI is InChI=1S/C12H12ClNO3/c1-7-2-3-9(5-10(7)13)14-6-8(12(16)17)4-11(14)15/h2-3,5,8H,4,6H2,1H3,(H,16,17). The lowest BCUT2D eigenvalue weighted by Gasteiger charge is -2.16. The smallest absolute Gasteiger partial charge is 0.308 e. The van der Waals surface area contributed by atoms with Crippen molar-refractivity contribution in [3.8, 4) is 0 Å². The molecule has 17 heavy (non-hydrogen) atoms. The molecule has 0 bridgehead atoms. The van der Waals surface area contributed by atoms with E-state index >= 15 is 0 Å². The first kappa shape index (κ1) is 11.9. The van der Waals surface area contributed by atoms with E-state index in [0.717, 1.165) is 5.56 Å². The molecule has 1 amide bonds. The second kappa shape index (κ2) is 4.37. The lowest BCUT2D eigenvalue weighted by molar-refractivity contribution is -0.141. The van der Waals surface area contributed by atoms with Crippen LogP contribution in [0.4, 0.5) is 5.69 Å². The van der Waals surface area contributed by atoms with Crippen molar-refractivity contribution in [1.29, 1.82) is 0 Å². The molecule has 1 atom stereocenters. The fourth-order valence-electron chi connectivity index (χ4n) is 1.87. The van der Waals surface area contributed by atoms with Crippen LogP contribution in [0.1, 0.15) is 12.0 Å². The molecular formula is C12H12ClNO3. The van der Waals surface area contributed by atoms with Gasteiger partial charge in [0.15, 0.2) is 0 Å². The van der Waals surface area contributed by atoms with Crippen LogP contribution < -0.4 is 4.90 Å². The normalized spacial score (nSPS) is 19.8. The van der Waals surface area contributed by atoms with Gasteiger partial charge >= 0.3 is 5.97 Å². The first-order chi connectivity index (χ1) is 7.99. The van der Waals surface area contributed by atoms with Crippen LogP contribution in [0.2, 0.25) is 5.02 Å². The molecule has 0 aromatic heterocycles. The van der Waals surface area contributed by atoms with Gasteiger partial charge in [-0.1, -0.05) is 17.7 Å². The number of anilines is 1. The van der Waals surface area contributed by atoms with Crippen LogP contribution in [0.25, 0.3) is 0 Å². The second-order valence-corrected chi connectivity index (χ2v) is 4.58. The van der Waals surface area contributed by atoms with Crippen molar-refractivity contribution in [3.63, 3.8) is 0 Å². The molecule has 90 valence electrons. The number of carboxylic acids is 1. The van der Waals surface area contributed by atoms with Crippen molar-refractivity contribution in [2.45, 2.75) is 13.3 Å². The number of hydrogen-bond donors (Lipinski definition) is 1. The highest BCUT2D eigenvalue weighted by atomic mass is 35.5. The van der Waals surface area contributed by atoms with Crippen molar-refractivity contribution in [3.05, 3.63) is 28.8 Å². The minimum atomic E-state index is -0.931. The summed E-state index contributed by atoms with van der Waals surface area (Å²) in [6.07, 6.45) is 0.0564. The van der Waals surface area contributed by atoms with Gasteiger partial charge in [0.1, 0.15) is 0 Å². The summed E-state index contributed by atoms with van der Waals surface area (Å²) in [4.78, 5) is 24.0. The maximum absolute atomic E-state index is 11.7. The summed E-state index contributed by atoms with van der Waals surface area (Å²) < 4.78 is 0. The van der Waals surface area contributed by atoms with Crippen molar-refractivity contribution >= 4 is 29.2 Å². The SMILES string of the molecule is Cc1ccc(N2CC(C(=O)O)CC2=O)cc1Cl. The maximum atomic E-state index is 11.7. The number of aliphatic carboxylic acids is 1. The fourth-order valence-corrected chi connectivity index (χ4v) is 2.05. The van der Waals surface area contributed by atoms with Crippen LogP contribution in [0.15, 0.2) is 18.2 Å². The Morgan fingerprint density at radius 3 is 2.76 bits per heavy atom. The van der Waals surface area contributed by atoms with E-state index in [9.17, 15) is 9.59 Å². The summed E-state index contributed by atoms with van der Waals surface area (Å²) in [5, 5.41) is 9.47. The lowest BCUT2D eigenvalue weighted by Crippen LogP contribution is -2.25. The number of carbonyl (C=O) groups excluding carboxylic acids is 1. The van der Waals surface area contributed by atoms with Gasteiger partial charge in [-0.05, 0) is 24.6 Å². The molecule has 4 nitrogen and oxygen atoms in total. The molecule has 1 aliphatic rings. The number of benzene rings is 1. The number of carboxylic acid groups (broad SMARTS) is 1. The minimum Gasteiger partial charge on any atom is -0.481 e. The van der Waals surface area contributed by atoms with Crippen molar-refractivity contribution < 1.29 is 14.7 Å². The number of amides is 1. The molecule has 1 saturated heterocycles. The highest BCUT2D eigenvalue weighted by molar-refractivity contribution is 6.31. The van der Waals surface area contributed by atoms with Gasteiger partial charge in [0.05, 0.1) is 5.92 Å². The van der Waals surface area contributed by atoms with Gasteiger partial charge in [0, 0.05) is 23.7 Å². The summed E-state index contributed by atoms with van der Waals surface area (Å²) in [5.41, 5.74) is 1.59. The summed E-state index contributed by atoms with van der Waals surface area (Å²) in [7, 11) is 0. The molecule has 1 aromatic rings. The number of halogens is 1. The third-order valence-electron chi connectivity index (χ3n) is 2.94. The Morgan fingerprint density at radius 1 is 1.53 bits per heavy atom. The number of hydrogen-bond acceptors (Lipinski definition) is 2. The largest absolute Gasteiger partial charge is 0.481 e. The predicted molar refractivity (Wildman–Crippen MR) is 64.3 cm³/mol. The lowest BCUT2D eigenvalue weighted by atomic mass is 10.1. The van der Waals surface area contributed by atoms with E-state index in [-0.39, 0.29) is 18.9 Å². The molecule has 2 rings (SSSR count). The number of nitrogens with zero attached hydrogens (tertiary/aromatic N) is 1. The zero-order chi connectivity index (χ0) is 12.6. The Balaban J connectivity index is 2.26. The van der Waals surface area contributed by atoms with Gasteiger partial charge in [-0.25, -0.2) is 0 Å². The number of rotatable bonds is 2. The quantitative estimate of drug-likeness (QED) is 0.878. The van der Waals surface area contributed by atoms with Crippen LogP contribution in [0.5, 0.6) is 0 Å². The van der Waals surface area contributed by atoms with Gasteiger partial charge in [-0.3, -0.25) is 9.59 Å². The zero-order valence-corrected chi connectivity index (χ0v) is 10.1. The van der Waals surface area contributed by atoms with Gasteiger partial charge in [0.2, 0.25) is 5.91 Å². The highest BCUT2D eigenvalue weighted by Gasteiger charge is 2.35. The van der Waals surface area contributed by atoms with Gasteiger partial charge in [-0.15, -0.1) is 0 Å². The Bertz CT molecular complexity index is 487. The molecule has 0 saturated carbocycles. The van der Waals surface area contributed by atoms with E-state index in [0.29, 0.717) is 10.7 Å². The van der Waals surface area contributed by atoms with Crippen LogP contribution in [0.3, 0.4) is 0 Å². The van der Waals surface area contributed by atoms with Crippen LogP contribution in [-0.2, 0) is 9.59 Å². The first-order valence-corrected chi connectivity index (χ1v) is 5.66. The molecule has 0 radical (unpaired) electrons. The van der Waals surface area contributed by atoms with Crippen molar-refractivity contribution in [2.75, 3.05) is 11.4 Å². The minimum absolute atomic E-state index is 0.0564. The van der Waals surface area contributed by atoms with Crippen LogP contribution >= 0.6 is 11.6 Å². The number of aryl methyl sites for hydroxylation is 1. The van der Waals surface area contributed by atoms with E-state index < -0.39 is 11.9 Å². The van der Waals surface area contributed by atoms with E-state index in [4.69, 9.17) is 16.7 Å². The van der Waals surface area contributed by atoms with Gasteiger partial charge in [0.25, 0.3) is 0 Å². The topological polar surface area (TPSA) is 57.6 Å². The zero-order valence-electron chi connectivity index (χ0n) is 9.31. The fraction of sp³-hybridized carbons (Fsp3) is 0.333. The summed E-state index contributed by atoms with van der Waals surface area (Å²) in [6, 6.07) is 5.29. The van der Waals surface area contributed by atoms with E-state index in [1.54, 1.807) is 12.1 Å². The Labute approximate surface area is 104 Å². The average molecular weight is 254 g/mol. The first-order valence-electron chi connectivity index (χ1n) is 5.28. The summed E-state index contributed by atoms with van der Waals surface area (Å²) in [5.74, 6) is -1.72. The molecule has 1 fully saturated rings. The van der Waals surface area contributed by atoms with Crippen molar-refractivity contribution in [2.24, 2.45) is 5.92 Å². The third-order valence-corrected chi connectivity index (χ3v) is 3.35. The molecule has 1 heterocycles. The molecule has 5 heteroatoms. The van der Waals surface area contributed by atoms with Crippen LogP contribution in [0, 0.1) is 12.8 Å². The molecule has 0 aliphatic carbocycles. The van der Waals surface area contributed by atoms with E-state index in [1.807, 2.05) is 13.0 Å². The number of carbonyl (C=O) groups is 2. The molecular weight excluding hydrogens is 242 g/mol. The molecule has 1 aromatic carbocycles. The van der Waals surface area contributed by atoms with Gasteiger partial charge < -0.3 is 10.0 Å². The molecule has 1 aliphatic heterocycles. The Morgan fingerprint density at radius 2 is 2.24 bits per heavy atom. The predicted octanol–water partition coefficient (Wildman–Crippen LogP) is 2.09. The monoisotopic (exact) mass is 253 g/mol. The average Bonchev–Trinajstić information content (AvgIpc) is 2.65. The Kier molecular flexibility index (Phi) is 3.07. The highest BCUT2D eigenvalue weighted by Crippen LogP contribution is 2.28. The molecule has 1 unspecified atom stereocenters. The van der Waals surface area contributed by atoms with Crippen molar-refractivity contribution in [1.82, 2.24) is 0 Å². The molecule has 1 N–H and O–H groups in total. The Hall–Kier alpha value is -1.55. The maximum Gasteiger partial charge on any atom is 0.308 e. The van der Waals surface area contributed by atoms with Gasteiger partial charge in [-0.2, -0.15) is 0 Å². The van der Waals surface area contributed by atoms with Crippen LogP contribution in [-0.4, -0.2) is 23.5 Å². The second-order valence-electron chi connectivity index (χ2n) is 4.18.